The van der Waals surface area contributed by atoms with Crippen molar-refractivity contribution in [3.8, 4) is 17.6 Å². The number of aliphatic hydroxyl groups excluding tert-OH is 1. The van der Waals surface area contributed by atoms with Gasteiger partial charge in [-0.3, -0.25) is 0 Å². The Balaban J connectivity index is 2.35. The highest BCUT2D eigenvalue weighted by Crippen LogP contribution is 2.29. The van der Waals surface area contributed by atoms with Crippen LogP contribution in [0.4, 0.5) is 0 Å². The van der Waals surface area contributed by atoms with Crippen LogP contribution in [0.3, 0.4) is 0 Å². The SMILES string of the molecule is Cc1cc(Br)ccc1Oc1ccc(CO)cc1C#N. The third-order valence-electron chi connectivity index (χ3n) is 2.70. The van der Waals surface area contributed by atoms with Gasteiger partial charge in [-0.15, -0.1) is 0 Å². The van der Waals surface area contributed by atoms with Crippen molar-refractivity contribution in [3.05, 3.63) is 57.6 Å². The van der Waals surface area contributed by atoms with Gasteiger partial charge in [-0.1, -0.05) is 22.0 Å². The molecule has 0 saturated heterocycles. The maximum Gasteiger partial charge on any atom is 0.145 e. The molecule has 0 fully saturated rings. The van der Waals surface area contributed by atoms with Gasteiger partial charge in [0.15, 0.2) is 0 Å². The second-order valence-electron chi connectivity index (χ2n) is 4.11. The Bertz CT molecular complexity index is 647. The molecule has 0 amide bonds. The van der Waals surface area contributed by atoms with E-state index in [0.29, 0.717) is 22.6 Å². The lowest BCUT2D eigenvalue weighted by molar-refractivity contribution is 0.281. The van der Waals surface area contributed by atoms with Crippen molar-refractivity contribution in [1.29, 1.82) is 5.26 Å². The number of nitriles is 1. The number of aryl methyl sites for hydroxylation is 1. The summed E-state index contributed by atoms with van der Waals surface area (Å²) < 4.78 is 6.74. The molecule has 0 aromatic heterocycles. The van der Waals surface area contributed by atoms with E-state index in [1.54, 1.807) is 18.2 Å². The summed E-state index contributed by atoms with van der Waals surface area (Å²) >= 11 is 3.39. The highest BCUT2D eigenvalue weighted by molar-refractivity contribution is 9.10. The number of hydrogen-bond acceptors (Lipinski definition) is 3. The molecule has 0 heterocycles. The number of ether oxygens (including phenoxy) is 1. The van der Waals surface area contributed by atoms with Crippen molar-refractivity contribution in [2.75, 3.05) is 0 Å². The minimum absolute atomic E-state index is 0.0910. The van der Waals surface area contributed by atoms with Crippen LogP contribution in [-0.2, 0) is 6.61 Å². The molecule has 2 aromatic rings. The van der Waals surface area contributed by atoms with Crippen LogP contribution in [0.2, 0.25) is 0 Å². The van der Waals surface area contributed by atoms with Crippen molar-refractivity contribution >= 4 is 15.9 Å². The molecule has 0 saturated carbocycles. The molecule has 0 atom stereocenters. The van der Waals surface area contributed by atoms with Crippen LogP contribution in [0.1, 0.15) is 16.7 Å². The molecule has 4 heteroatoms. The van der Waals surface area contributed by atoms with Crippen molar-refractivity contribution in [3.63, 3.8) is 0 Å². The van der Waals surface area contributed by atoms with Gasteiger partial charge in [0, 0.05) is 4.47 Å². The molecule has 19 heavy (non-hydrogen) atoms. The molecule has 0 unspecified atom stereocenters. The van der Waals surface area contributed by atoms with E-state index in [1.807, 2.05) is 25.1 Å². The fourth-order valence-electron chi connectivity index (χ4n) is 1.70. The summed E-state index contributed by atoms with van der Waals surface area (Å²) in [6.45, 7) is 1.85. The van der Waals surface area contributed by atoms with E-state index in [9.17, 15) is 0 Å². The van der Waals surface area contributed by atoms with Gasteiger partial charge in [-0.2, -0.15) is 5.26 Å². The van der Waals surface area contributed by atoms with Crippen molar-refractivity contribution in [1.82, 2.24) is 0 Å². The zero-order valence-electron chi connectivity index (χ0n) is 10.4. The first-order valence-electron chi connectivity index (χ1n) is 5.72. The number of nitrogens with zero attached hydrogens (tertiary/aromatic N) is 1. The average Bonchev–Trinajstić information content (AvgIpc) is 2.42. The molecule has 0 bridgehead atoms. The standard InChI is InChI=1S/C15H12BrNO2/c1-10-6-13(16)3-5-14(10)19-15-4-2-11(9-18)7-12(15)8-17/h2-7,18H,9H2,1H3. The summed E-state index contributed by atoms with van der Waals surface area (Å²) in [5.74, 6) is 1.20. The molecule has 1 N–H and O–H groups in total. The highest BCUT2D eigenvalue weighted by atomic mass is 79.9. The molecule has 0 radical (unpaired) electrons. The van der Waals surface area contributed by atoms with Gasteiger partial charge < -0.3 is 9.84 Å². The molecule has 3 nitrogen and oxygen atoms in total. The quantitative estimate of drug-likeness (QED) is 0.933. The fourth-order valence-corrected chi connectivity index (χ4v) is 2.17. The van der Waals surface area contributed by atoms with Crippen LogP contribution >= 0.6 is 15.9 Å². The Labute approximate surface area is 120 Å². The summed E-state index contributed by atoms with van der Waals surface area (Å²) in [4.78, 5) is 0. The van der Waals surface area contributed by atoms with E-state index >= 15 is 0 Å². The Morgan fingerprint density at radius 3 is 2.58 bits per heavy atom. The summed E-state index contributed by atoms with van der Waals surface area (Å²) in [5, 5.41) is 18.2. The highest BCUT2D eigenvalue weighted by Gasteiger charge is 2.08. The zero-order chi connectivity index (χ0) is 13.8. The minimum Gasteiger partial charge on any atom is -0.456 e. The number of aliphatic hydroxyl groups is 1. The minimum atomic E-state index is -0.0910. The van der Waals surface area contributed by atoms with Gasteiger partial charge in [-0.05, 0) is 48.4 Å². The van der Waals surface area contributed by atoms with Crippen molar-refractivity contribution in [2.24, 2.45) is 0 Å². The van der Waals surface area contributed by atoms with Crippen LogP contribution in [0.5, 0.6) is 11.5 Å². The summed E-state index contributed by atoms with van der Waals surface area (Å²) in [6.07, 6.45) is 0. The zero-order valence-corrected chi connectivity index (χ0v) is 11.9. The first kappa shape index (κ1) is 13.6. The number of hydrogen-bond donors (Lipinski definition) is 1. The van der Waals surface area contributed by atoms with E-state index in [1.165, 1.54) is 0 Å². The number of rotatable bonds is 3. The Kier molecular flexibility index (Phi) is 4.20. The van der Waals surface area contributed by atoms with Crippen LogP contribution < -0.4 is 4.74 Å². The molecular formula is C15H12BrNO2. The number of benzene rings is 2. The molecule has 0 spiro atoms. The Morgan fingerprint density at radius 1 is 1.21 bits per heavy atom. The van der Waals surface area contributed by atoms with E-state index in [0.717, 1.165) is 10.0 Å². The van der Waals surface area contributed by atoms with E-state index < -0.39 is 0 Å². The lowest BCUT2D eigenvalue weighted by Crippen LogP contribution is -1.92. The third-order valence-corrected chi connectivity index (χ3v) is 3.20. The molecule has 0 aliphatic rings. The van der Waals surface area contributed by atoms with Crippen molar-refractivity contribution < 1.29 is 9.84 Å². The Morgan fingerprint density at radius 2 is 1.95 bits per heavy atom. The van der Waals surface area contributed by atoms with Gasteiger partial charge >= 0.3 is 0 Å². The lowest BCUT2D eigenvalue weighted by atomic mass is 10.1. The fraction of sp³-hybridized carbons (Fsp3) is 0.133. The summed E-state index contributed by atoms with van der Waals surface area (Å²) in [5.41, 5.74) is 2.08. The van der Waals surface area contributed by atoms with Gasteiger partial charge in [0.1, 0.15) is 17.6 Å². The largest absolute Gasteiger partial charge is 0.456 e. The molecule has 96 valence electrons. The van der Waals surface area contributed by atoms with Gasteiger partial charge in [0.25, 0.3) is 0 Å². The molecule has 0 aliphatic heterocycles. The third kappa shape index (κ3) is 3.14. The monoisotopic (exact) mass is 317 g/mol. The van der Waals surface area contributed by atoms with Crippen LogP contribution in [-0.4, -0.2) is 5.11 Å². The topological polar surface area (TPSA) is 53.2 Å². The van der Waals surface area contributed by atoms with Crippen LogP contribution in [0.25, 0.3) is 0 Å². The Hall–Kier alpha value is -1.83. The van der Waals surface area contributed by atoms with E-state index in [-0.39, 0.29) is 6.61 Å². The van der Waals surface area contributed by atoms with E-state index in [4.69, 9.17) is 15.1 Å². The lowest BCUT2D eigenvalue weighted by Gasteiger charge is -2.11. The predicted octanol–water partition coefficient (Wildman–Crippen LogP) is 3.91. The van der Waals surface area contributed by atoms with Gasteiger partial charge in [0.05, 0.1) is 12.2 Å². The maximum atomic E-state index is 9.11. The molecule has 2 aromatic carbocycles. The second-order valence-corrected chi connectivity index (χ2v) is 5.03. The van der Waals surface area contributed by atoms with E-state index in [2.05, 4.69) is 22.0 Å². The van der Waals surface area contributed by atoms with Gasteiger partial charge in [-0.25, -0.2) is 0 Å². The van der Waals surface area contributed by atoms with Crippen LogP contribution in [0.15, 0.2) is 40.9 Å². The molecular weight excluding hydrogens is 306 g/mol. The molecule has 2 rings (SSSR count). The summed E-state index contributed by atoms with van der Waals surface area (Å²) in [7, 11) is 0. The molecule has 0 aliphatic carbocycles. The van der Waals surface area contributed by atoms with Crippen molar-refractivity contribution in [2.45, 2.75) is 13.5 Å². The average molecular weight is 318 g/mol. The second kappa shape index (κ2) is 5.87. The smallest absolute Gasteiger partial charge is 0.145 e. The van der Waals surface area contributed by atoms with Crippen LogP contribution in [0, 0.1) is 18.3 Å². The first-order valence-corrected chi connectivity index (χ1v) is 6.51. The maximum absolute atomic E-state index is 9.11. The van der Waals surface area contributed by atoms with Gasteiger partial charge in [0.2, 0.25) is 0 Å². The summed E-state index contributed by atoms with van der Waals surface area (Å²) in [6, 6.07) is 12.8. The normalized spacial score (nSPS) is 10.0. The predicted molar refractivity (Wildman–Crippen MR) is 76.0 cm³/mol. The first-order chi connectivity index (χ1) is 9.13. The number of halogens is 1.